The van der Waals surface area contributed by atoms with Gasteiger partial charge in [-0.1, -0.05) is 19.9 Å². The molecule has 0 atom stereocenters. The number of amides is 1. The van der Waals surface area contributed by atoms with Crippen LogP contribution in [0.4, 0.5) is 0 Å². The van der Waals surface area contributed by atoms with Crippen LogP contribution in [0.5, 0.6) is 0 Å². The number of rotatable bonds is 7. The number of hydrogen-bond donors (Lipinski definition) is 1. The molecule has 0 saturated heterocycles. The zero-order valence-corrected chi connectivity index (χ0v) is 15.4. The Morgan fingerprint density at radius 2 is 2.08 bits per heavy atom. The standard InChI is InChI=1S/C17H26N2O4S/c1-13(2)10-17(20)19-8-6-14-11-16(5-4-15(14)12-19)24(21,22)18-7-9-23-3/h4-5,11,13,18H,6-10,12H2,1-3H3. The maximum absolute atomic E-state index is 12.3. The van der Waals surface area contributed by atoms with E-state index in [4.69, 9.17) is 4.74 Å². The van der Waals surface area contributed by atoms with E-state index in [1.165, 1.54) is 7.11 Å². The molecule has 1 aromatic rings. The third-order valence-electron chi connectivity index (χ3n) is 4.03. The Bertz CT molecular complexity index is 686. The van der Waals surface area contributed by atoms with E-state index in [0.29, 0.717) is 38.5 Å². The minimum atomic E-state index is -3.52. The Hall–Kier alpha value is -1.44. The first-order valence-electron chi connectivity index (χ1n) is 8.21. The molecule has 7 heteroatoms. The molecular weight excluding hydrogens is 328 g/mol. The highest BCUT2D eigenvalue weighted by molar-refractivity contribution is 7.89. The highest BCUT2D eigenvalue weighted by atomic mass is 32.2. The van der Waals surface area contributed by atoms with E-state index in [9.17, 15) is 13.2 Å². The van der Waals surface area contributed by atoms with Crippen molar-refractivity contribution < 1.29 is 17.9 Å². The van der Waals surface area contributed by atoms with Gasteiger partial charge in [0.25, 0.3) is 0 Å². The molecule has 1 aromatic carbocycles. The van der Waals surface area contributed by atoms with Gasteiger partial charge in [0.15, 0.2) is 0 Å². The third kappa shape index (κ3) is 4.78. The predicted molar refractivity (Wildman–Crippen MR) is 92.1 cm³/mol. The van der Waals surface area contributed by atoms with Gasteiger partial charge in [-0.3, -0.25) is 4.79 Å². The first kappa shape index (κ1) is 18.9. The van der Waals surface area contributed by atoms with Gasteiger partial charge in [0, 0.05) is 33.2 Å². The number of nitrogens with one attached hydrogen (secondary N) is 1. The number of carbonyl (C=O) groups excluding carboxylic acids is 1. The fraction of sp³-hybridized carbons (Fsp3) is 0.588. The lowest BCUT2D eigenvalue weighted by Gasteiger charge is -2.29. The smallest absolute Gasteiger partial charge is 0.240 e. The van der Waals surface area contributed by atoms with E-state index >= 15 is 0 Å². The van der Waals surface area contributed by atoms with E-state index in [1.807, 2.05) is 24.8 Å². The summed E-state index contributed by atoms with van der Waals surface area (Å²) in [5, 5.41) is 0. The summed E-state index contributed by atoms with van der Waals surface area (Å²) in [6, 6.07) is 5.13. The molecule has 0 bridgehead atoms. The quantitative estimate of drug-likeness (QED) is 0.754. The molecule has 2 rings (SSSR count). The predicted octanol–water partition coefficient (Wildman–Crippen LogP) is 1.54. The molecule has 0 spiro atoms. The van der Waals surface area contributed by atoms with Gasteiger partial charge in [-0.15, -0.1) is 0 Å². The normalized spacial score (nSPS) is 14.8. The van der Waals surface area contributed by atoms with Crippen LogP contribution in [0.2, 0.25) is 0 Å². The third-order valence-corrected chi connectivity index (χ3v) is 5.49. The van der Waals surface area contributed by atoms with E-state index < -0.39 is 10.0 Å². The maximum Gasteiger partial charge on any atom is 0.240 e. The van der Waals surface area contributed by atoms with Crippen LogP contribution in [0.3, 0.4) is 0 Å². The van der Waals surface area contributed by atoms with Crippen molar-refractivity contribution in [2.45, 2.75) is 38.1 Å². The molecule has 1 aliphatic heterocycles. The van der Waals surface area contributed by atoms with Gasteiger partial charge < -0.3 is 9.64 Å². The first-order chi connectivity index (χ1) is 11.3. The van der Waals surface area contributed by atoms with E-state index in [0.717, 1.165) is 11.1 Å². The van der Waals surface area contributed by atoms with Gasteiger partial charge in [0.2, 0.25) is 15.9 Å². The van der Waals surface area contributed by atoms with E-state index in [1.54, 1.807) is 12.1 Å². The molecule has 0 saturated carbocycles. The van der Waals surface area contributed by atoms with Crippen LogP contribution < -0.4 is 4.72 Å². The Morgan fingerprint density at radius 3 is 2.75 bits per heavy atom. The summed E-state index contributed by atoms with van der Waals surface area (Å²) in [6.07, 6.45) is 1.23. The zero-order chi connectivity index (χ0) is 17.7. The van der Waals surface area contributed by atoms with Crippen molar-refractivity contribution in [2.75, 3.05) is 26.8 Å². The lowest BCUT2D eigenvalue weighted by atomic mass is 9.99. The summed E-state index contributed by atoms with van der Waals surface area (Å²) in [4.78, 5) is 14.3. The summed E-state index contributed by atoms with van der Waals surface area (Å²) in [5.74, 6) is 0.498. The van der Waals surface area contributed by atoms with Crippen molar-refractivity contribution in [1.29, 1.82) is 0 Å². The topological polar surface area (TPSA) is 75.7 Å². The summed E-state index contributed by atoms with van der Waals surface area (Å²) in [7, 11) is -1.99. The SMILES string of the molecule is COCCNS(=O)(=O)c1ccc2c(c1)CCN(C(=O)CC(C)C)C2. The highest BCUT2D eigenvalue weighted by Crippen LogP contribution is 2.23. The molecule has 0 aromatic heterocycles. The number of carbonyl (C=O) groups is 1. The van der Waals surface area contributed by atoms with Crippen LogP contribution in [0.15, 0.2) is 23.1 Å². The van der Waals surface area contributed by atoms with Crippen LogP contribution in [0.1, 0.15) is 31.4 Å². The van der Waals surface area contributed by atoms with Crippen molar-refractivity contribution in [3.8, 4) is 0 Å². The second-order valence-corrected chi connectivity index (χ2v) is 8.25. The van der Waals surface area contributed by atoms with Gasteiger partial charge in [-0.25, -0.2) is 13.1 Å². The summed E-state index contributed by atoms with van der Waals surface area (Å²) in [6.45, 7) is 5.83. The highest BCUT2D eigenvalue weighted by Gasteiger charge is 2.23. The Kier molecular flexibility index (Phi) is 6.37. The number of methoxy groups -OCH3 is 1. The fourth-order valence-corrected chi connectivity index (χ4v) is 3.81. The largest absolute Gasteiger partial charge is 0.383 e. The molecule has 1 heterocycles. The van der Waals surface area contributed by atoms with Crippen LogP contribution in [0, 0.1) is 5.92 Å². The van der Waals surface area contributed by atoms with E-state index in [-0.39, 0.29) is 17.3 Å². The molecule has 24 heavy (non-hydrogen) atoms. The van der Waals surface area contributed by atoms with Crippen molar-refractivity contribution in [3.63, 3.8) is 0 Å². The zero-order valence-electron chi connectivity index (χ0n) is 14.5. The molecule has 134 valence electrons. The lowest BCUT2D eigenvalue weighted by Crippen LogP contribution is -2.36. The van der Waals surface area contributed by atoms with Crippen LogP contribution >= 0.6 is 0 Å². The van der Waals surface area contributed by atoms with Crippen molar-refractivity contribution in [3.05, 3.63) is 29.3 Å². The molecule has 1 amide bonds. The summed E-state index contributed by atoms with van der Waals surface area (Å²) in [5.41, 5.74) is 2.02. The molecule has 0 aliphatic carbocycles. The number of nitrogens with zero attached hydrogens (tertiary/aromatic N) is 1. The molecule has 0 radical (unpaired) electrons. The average Bonchev–Trinajstić information content (AvgIpc) is 2.53. The fourth-order valence-electron chi connectivity index (χ4n) is 2.75. The van der Waals surface area contributed by atoms with Gasteiger partial charge in [-0.2, -0.15) is 0 Å². The second kappa shape index (κ2) is 8.09. The van der Waals surface area contributed by atoms with Crippen LogP contribution in [-0.4, -0.2) is 46.0 Å². The number of ether oxygens (including phenoxy) is 1. The number of benzene rings is 1. The van der Waals surface area contributed by atoms with Gasteiger partial charge >= 0.3 is 0 Å². The molecule has 1 aliphatic rings. The van der Waals surface area contributed by atoms with Gasteiger partial charge in [0.05, 0.1) is 11.5 Å². The molecule has 1 N–H and O–H groups in total. The molecule has 0 unspecified atom stereocenters. The van der Waals surface area contributed by atoms with Crippen LogP contribution in [0.25, 0.3) is 0 Å². The molecule has 0 fully saturated rings. The average molecular weight is 354 g/mol. The maximum atomic E-state index is 12.3. The number of hydrogen-bond acceptors (Lipinski definition) is 4. The minimum Gasteiger partial charge on any atom is -0.383 e. The van der Waals surface area contributed by atoms with Gasteiger partial charge in [-0.05, 0) is 35.6 Å². The number of fused-ring (bicyclic) bond motifs is 1. The monoisotopic (exact) mass is 354 g/mol. The summed E-state index contributed by atoms with van der Waals surface area (Å²) < 4.78 is 31.9. The van der Waals surface area contributed by atoms with Crippen LogP contribution in [-0.2, 0) is 32.5 Å². The van der Waals surface area contributed by atoms with E-state index in [2.05, 4.69) is 4.72 Å². The molecular formula is C17H26N2O4S. The minimum absolute atomic E-state index is 0.161. The van der Waals surface area contributed by atoms with Crippen molar-refractivity contribution in [2.24, 2.45) is 5.92 Å². The second-order valence-electron chi connectivity index (χ2n) is 6.48. The number of sulfonamides is 1. The van der Waals surface area contributed by atoms with Crippen molar-refractivity contribution in [1.82, 2.24) is 9.62 Å². The first-order valence-corrected chi connectivity index (χ1v) is 9.70. The van der Waals surface area contributed by atoms with Gasteiger partial charge in [0.1, 0.15) is 0 Å². The Balaban J connectivity index is 2.10. The Morgan fingerprint density at radius 1 is 1.33 bits per heavy atom. The van der Waals surface area contributed by atoms with Crippen molar-refractivity contribution >= 4 is 15.9 Å². The Labute approximate surface area is 144 Å². The lowest BCUT2D eigenvalue weighted by molar-refractivity contribution is -0.132. The summed E-state index contributed by atoms with van der Waals surface area (Å²) >= 11 is 0. The molecule has 6 nitrogen and oxygen atoms in total.